The van der Waals surface area contributed by atoms with Gasteiger partial charge in [-0.3, -0.25) is 9.69 Å². The first kappa shape index (κ1) is 19.1. The number of amides is 1. The van der Waals surface area contributed by atoms with Crippen molar-refractivity contribution in [3.8, 4) is 5.75 Å². The van der Waals surface area contributed by atoms with Crippen LogP contribution in [0.25, 0.3) is 0 Å². The average Bonchev–Trinajstić information content (AvgIpc) is 3.15. The molecule has 3 heterocycles. The Morgan fingerprint density at radius 1 is 1.22 bits per heavy atom. The third kappa shape index (κ3) is 4.44. The Morgan fingerprint density at radius 3 is 2.89 bits per heavy atom. The molecule has 6 heteroatoms. The van der Waals surface area contributed by atoms with Gasteiger partial charge >= 0.3 is 0 Å². The molecule has 3 aliphatic heterocycles. The fourth-order valence-electron chi connectivity index (χ4n) is 4.47. The highest BCUT2D eigenvalue weighted by Crippen LogP contribution is 2.32. The predicted molar refractivity (Wildman–Crippen MR) is 108 cm³/mol. The van der Waals surface area contributed by atoms with E-state index in [1.54, 1.807) is 11.8 Å². The van der Waals surface area contributed by atoms with Crippen LogP contribution in [0, 0.1) is 0 Å². The molecule has 0 radical (unpaired) electrons. The lowest BCUT2D eigenvalue weighted by atomic mass is 9.89. The SMILES string of the molecule is CSCCC(=O)N1CCC2(CC1)CN(Cc1ccc3c(c1)CCO3)CCO2. The Kier molecular flexibility index (Phi) is 5.95. The van der Waals surface area contributed by atoms with E-state index in [1.807, 2.05) is 4.90 Å². The number of benzene rings is 1. The van der Waals surface area contributed by atoms with E-state index in [0.29, 0.717) is 12.3 Å². The van der Waals surface area contributed by atoms with Crippen molar-refractivity contribution in [2.24, 2.45) is 0 Å². The van der Waals surface area contributed by atoms with E-state index in [9.17, 15) is 4.79 Å². The van der Waals surface area contributed by atoms with Gasteiger partial charge < -0.3 is 14.4 Å². The molecule has 1 spiro atoms. The summed E-state index contributed by atoms with van der Waals surface area (Å²) in [5.74, 6) is 2.26. The largest absolute Gasteiger partial charge is 0.493 e. The minimum atomic E-state index is -0.0750. The summed E-state index contributed by atoms with van der Waals surface area (Å²) in [4.78, 5) is 16.8. The third-order valence-corrected chi connectivity index (χ3v) is 6.65. The molecule has 5 nitrogen and oxygen atoms in total. The van der Waals surface area contributed by atoms with Crippen LogP contribution < -0.4 is 4.74 Å². The number of hydrogen-bond acceptors (Lipinski definition) is 5. The van der Waals surface area contributed by atoms with Crippen molar-refractivity contribution in [1.82, 2.24) is 9.80 Å². The Balaban J connectivity index is 1.32. The molecule has 1 aromatic rings. The molecule has 0 saturated carbocycles. The molecule has 148 valence electrons. The number of hydrogen-bond donors (Lipinski definition) is 0. The van der Waals surface area contributed by atoms with E-state index in [2.05, 4.69) is 29.4 Å². The van der Waals surface area contributed by atoms with Gasteiger partial charge in [0.25, 0.3) is 0 Å². The third-order valence-electron chi connectivity index (χ3n) is 6.04. The molecule has 2 fully saturated rings. The second kappa shape index (κ2) is 8.41. The number of fused-ring (bicyclic) bond motifs is 1. The van der Waals surface area contributed by atoms with Gasteiger partial charge in [-0.05, 0) is 36.3 Å². The number of thioether (sulfide) groups is 1. The lowest BCUT2D eigenvalue weighted by Crippen LogP contribution is -2.57. The van der Waals surface area contributed by atoms with Crippen LogP contribution in [0.1, 0.15) is 30.4 Å². The molecule has 2 saturated heterocycles. The fourth-order valence-corrected chi connectivity index (χ4v) is 4.85. The number of ether oxygens (including phenoxy) is 2. The van der Waals surface area contributed by atoms with Gasteiger partial charge in [0.15, 0.2) is 0 Å². The molecule has 1 aromatic carbocycles. The van der Waals surface area contributed by atoms with Crippen LogP contribution in [0.3, 0.4) is 0 Å². The number of nitrogens with zero attached hydrogens (tertiary/aromatic N) is 2. The first-order chi connectivity index (χ1) is 13.2. The maximum absolute atomic E-state index is 12.3. The van der Waals surface area contributed by atoms with Crippen molar-refractivity contribution in [3.05, 3.63) is 29.3 Å². The fraction of sp³-hybridized carbons (Fsp3) is 0.667. The summed E-state index contributed by atoms with van der Waals surface area (Å²) < 4.78 is 11.9. The highest BCUT2D eigenvalue weighted by molar-refractivity contribution is 7.98. The second-order valence-corrected chi connectivity index (χ2v) is 8.89. The molecule has 0 N–H and O–H groups in total. The maximum Gasteiger partial charge on any atom is 0.223 e. The van der Waals surface area contributed by atoms with E-state index >= 15 is 0 Å². The van der Waals surface area contributed by atoms with Crippen molar-refractivity contribution < 1.29 is 14.3 Å². The minimum Gasteiger partial charge on any atom is -0.493 e. The lowest BCUT2D eigenvalue weighted by molar-refractivity contribution is -0.151. The van der Waals surface area contributed by atoms with Crippen molar-refractivity contribution in [1.29, 1.82) is 0 Å². The topological polar surface area (TPSA) is 42.0 Å². The Bertz CT molecular complexity index is 673. The Morgan fingerprint density at radius 2 is 2.07 bits per heavy atom. The number of rotatable bonds is 5. The second-order valence-electron chi connectivity index (χ2n) is 7.91. The van der Waals surface area contributed by atoms with Gasteiger partial charge in [0.1, 0.15) is 5.75 Å². The van der Waals surface area contributed by atoms with Gasteiger partial charge in [-0.15, -0.1) is 0 Å². The van der Waals surface area contributed by atoms with Crippen LogP contribution in [0.2, 0.25) is 0 Å². The standard InChI is InChI=1S/C21H30N2O3S/c1-27-13-5-20(24)23-8-6-21(7-9-23)16-22(10-12-26-21)15-17-2-3-19-18(14-17)4-11-25-19/h2-3,14H,4-13,15-16H2,1H3. The lowest BCUT2D eigenvalue weighted by Gasteiger charge is -2.47. The van der Waals surface area contributed by atoms with E-state index in [4.69, 9.17) is 9.47 Å². The van der Waals surface area contributed by atoms with Crippen molar-refractivity contribution in [2.75, 3.05) is 51.4 Å². The number of likely N-dealkylation sites (tertiary alicyclic amines) is 1. The monoisotopic (exact) mass is 390 g/mol. The first-order valence-electron chi connectivity index (χ1n) is 10.1. The highest BCUT2D eigenvalue weighted by atomic mass is 32.2. The first-order valence-corrected chi connectivity index (χ1v) is 11.4. The van der Waals surface area contributed by atoms with Crippen LogP contribution in [0.4, 0.5) is 0 Å². The molecule has 1 amide bonds. The molecular formula is C21H30N2O3S. The zero-order chi connectivity index (χ0) is 18.7. The molecule has 0 atom stereocenters. The molecule has 0 bridgehead atoms. The number of carbonyl (C=O) groups is 1. The van der Waals surface area contributed by atoms with Gasteiger partial charge in [-0.25, -0.2) is 0 Å². The van der Waals surface area contributed by atoms with Gasteiger partial charge in [-0.2, -0.15) is 11.8 Å². The van der Waals surface area contributed by atoms with Crippen LogP contribution in [0.5, 0.6) is 5.75 Å². The van der Waals surface area contributed by atoms with Gasteiger partial charge in [-0.1, -0.05) is 12.1 Å². The van der Waals surface area contributed by atoms with Gasteiger partial charge in [0.2, 0.25) is 5.91 Å². The summed E-state index contributed by atoms with van der Waals surface area (Å²) in [6, 6.07) is 6.61. The molecule has 0 aliphatic carbocycles. The summed E-state index contributed by atoms with van der Waals surface area (Å²) in [5, 5.41) is 0. The summed E-state index contributed by atoms with van der Waals surface area (Å²) in [5.41, 5.74) is 2.63. The van der Waals surface area contributed by atoms with Crippen LogP contribution in [-0.4, -0.2) is 72.7 Å². The van der Waals surface area contributed by atoms with Crippen molar-refractivity contribution in [2.45, 2.75) is 37.8 Å². The van der Waals surface area contributed by atoms with Gasteiger partial charge in [0.05, 0.1) is 18.8 Å². The molecule has 0 aromatic heterocycles. The zero-order valence-corrected chi connectivity index (χ0v) is 17.1. The van der Waals surface area contributed by atoms with E-state index in [-0.39, 0.29) is 5.60 Å². The molecule has 27 heavy (non-hydrogen) atoms. The van der Waals surface area contributed by atoms with E-state index < -0.39 is 0 Å². The Labute approximate surface area is 166 Å². The normalized spacial score (nSPS) is 21.9. The van der Waals surface area contributed by atoms with Crippen molar-refractivity contribution in [3.63, 3.8) is 0 Å². The number of carbonyl (C=O) groups excluding carboxylic acids is 1. The summed E-state index contributed by atoms with van der Waals surface area (Å²) in [7, 11) is 0. The summed E-state index contributed by atoms with van der Waals surface area (Å²) >= 11 is 1.74. The molecule has 0 unspecified atom stereocenters. The summed E-state index contributed by atoms with van der Waals surface area (Å²) in [6.45, 7) is 6.17. The molecular weight excluding hydrogens is 360 g/mol. The smallest absolute Gasteiger partial charge is 0.223 e. The number of morpholine rings is 1. The summed E-state index contributed by atoms with van der Waals surface area (Å²) in [6.07, 6.45) is 5.63. The molecule has 3 aliphatic rings. The maximum atomic E-state index is 12.3. The highest BCUT2D eigenvalue weighted by Gasteiger charge is 2.40. The van der Waals surface area contributed by atoms with Crippen molar-refractivity contribution >= 4 is 17.7 Å². The zero-order valence-electron chi connectivity index (χ0n) is 16.2. The van der Waals surface area contributed by atoms with E-state index in [1.165, 1.54) is 11.1 Å². The van der Waals surface area contributed by atoms with E-state index in [0.717, 1.165) is 76.7 Å². The minimum absolute atomic E-state index is 0.0750. The molecule has 4 rings (SSSR count). The van der Waals surface area contributed by atoms with Crippen LogP contribution in [-0.2, 0) is 22.5 Å². The Hall–Kier alpha value is -1.24. The number of piperidine rings is 1. The van der Waals surface area contributed by atoms with Crippen LogP contribution >= 0.6 is 11.8 Å². The van der Waals surface area contributed by atoms with Crippen LogP contribution in [0.15, 0.2) is 18.2 Å². The van der Waals surface area contributed by atoms with Gasteiger partial charge in [0, 0.05) is 51.3 Å². The average molecular weight is 391 g/mol. The predicted octanol–water partition coefficient (Wildman–Crippen LogP) is 2.57. The quantitative estimate of drug-likeness (QED) is 0.773.